The van der Waals surface area contributed by atoms with Gasteiger partial charge < -0.3 is 4.74 Å². The Labute approximate surface area is 64.5 Å². The van der Waals surface area contributed by atoms with E-state index in [9.17, 15) is 14.0 Å². The second-order valence-electron chi connectivity index (χ2n) is 2.26. The van der Waals surface area contributed by atoms with Crippen molar-refractivity contribution in [3.05, 3.63) is 0 Å². The van der Waals surface area contributed by atoms with Gasteiger partial charge in [0, 0.05) is 0 Å². The number of ketones is 1. The highest BCUT2D eigenvalue weighted by Crippen LogP contribution is 2.05. The molecule has 0 aliphatic rings. The van der Waals surface area contributed by atoms with Gasteiger partial charge in [-0.25, -0.2) is 4.39 Å². The number of Topliss-reactive ketones (excluding diaryl/α,β-unsaturated/α-hetero) is 1. The fourth-order valence-electron chi connectivity index (χ4n) is 0.637. The van der Waals surface area contributed by atoms with Crippen LogP contribution in [0.25, 0.3) is 0 Å². The maximum Gasteiger partial charge on any atom is 0.316 e. The van der Waals surface area contributed by atoms with Gasteiger partial charge in [0.25, 0.3) is 0 Å². The third-order valence-electron chi connectivity index (χ3n) is 1.37. The van der Waals surface area contributed by atoms with Crippen molar-refractivity contribution in [3.8, 4) is 0 Å². The topological polar surface area (TPSA) is 43.4 Å². The van der Waals surface area contributed by atoms with Gasteiger partial charge in [-0.2, -0.15) is 0 Å². The summed E-state index contributed by atoms with van der Waals surface area (Å²) in [7, 11) is 1.16. The Kier molecular flexibility index (Phi) is 3.71. The van der Waals surface area contributed by atoms with E-state index in [1.807, 2.05) is 0 Å². The molecule has 0 N–H and O–H groups in total. The number of carbonyl (C=O) groups excluding carboxylic acids is 2. The molecule has 11 heavy (non-hydrogen) atoms. The normalized spacial score (nSPS) is 15.3. The molecule has 0 aliphatic heterocycles. The highest BCUT2D eigenvalue weighted by Gasteiger charge is 2.26. The summed E-state index contributed by atoms with van der Waals surface area (Å²) < 4.78 is 16.5. The van der Waals surface area contributed by atoms with Gasteiger partial charge in [0.05, 0.1) is 7.11 Å². The molecule has 0 amide bonds. The number of esters is 1. The van der Waals surface area contributed by atoms with Crippen molar-refractivity contribution in [3.63, 3.8) is 0 Å². The van der Waals surface area contributed by atoms with Gasteiger partial charge in [-0.15, -0.1) is 0 Å². The number of methoxy groups -OCH3 is 1. The molecule has 0 rings (SSSR count). The van der Waals surface area contributed by atoms with E-state index in [-0.39, 0.29) is 0 Å². The lowest BCUT2D eigenvalue weighted by atomic mass is 10.0. The zero-order chi connectivity index (χ0) is 9.02. The summed E-state index contributed by atoms with van der Waals surface area (Å²) in [4.78, 5) is 21.4. The van der Waals surface area contributed by atoms with Gasteiger partial charge in [-0.1, -0.05) is 0 Å². The summed E-state index contributed by atoms with van der Waals surface area (Å²) in [6, 6.07) is 0. The summed E-state index contributed by atoms with van der Waals surface area (Å²) in [6.07, 6.45) is -1.61. The number of halogens is 1. The Morgan fingerprint density at radius 1 is 1.36 bits per heavy atom. The molecule has 3 nitrogen and oxygen atoms in total. The molecule has 0 fully saturated rings. The van der Waals surface area contributed by atoms with Crippen LogP contribution < -0.4 is 0 Å². The lowest BCUT2D eigenvalue weighted by Gasteiger charge is -2.07. The molecular formula is C7H11FO3. The van der Waals surface area contributed by atoms with Crippen LogP contribution in [-0.2, 0) is 14.3 Å². The van der Waals surface area contributed by atoms with Crippen molar-refractivity contribution in [2.24, 2.45) is 5.92 Å². The molecule has 0 aromatic heterocycles. The molecule has 0 aromatic carbocycles. The van der Waals surface area contributed by atoms with Crippen LogP contribution in [-0.4, -0.2) is 25.0 Å². The summed E-state index contributed by atoms with van der Waals surface area (Å²) >= 11 is 0. The first kappa shape index (κ1) is 10.1. The fourth-order valence-corrected chi connectivity index (χ4v) is 0.637. The number of ether oxygens (including phenoxy) is 1. The van der Waals surface area contributed by atoms with Crippen LogP contribution in [0.3, 0.4) is 0 Å². The van der Waals surface area contributed by atoms with Gasteiger partial charge in [-0.3, -0.25) is 9.59 Å². The van der Waals surface area contributed by atoms with E-state index in [2.05, 4.69) is 4.74 Å². The van der Waals surface area contributed by atoms with Crippen LogP contribution >= 0.6 is 0 Å². The van der Waals surface area contributed by atoms with E-state index >= 15 is 0 Å². The average molecular weight is 162 g/mol. The number of hydrogen-bond donors (Lipinski definition) is 0. The maximum atomic E-state index is 12.3. The van der Waals surface area contributed by atoms with Crippen molar-refractivity contribution >= 4 is 11.8 Å². The zero-order valence-corrected chi connectivity index (χ0v) is 6.76. The molecular weight excluding hydrogens is 151 g/mol. The minimum Gasteiger partial charge on any atom is -0.468 e. The summed E-state index contributed by atoms with van der Waals surface area (Å²) in [5.74, 6) is -2.43. The largest absolute Gasteiger partial charge is 0.468 e. The lowest BCUT2D eigenvalue weighted by Crippen LogP contribution is -2.27. The number of carbonyl (C=O) groups is 2. The molecule has 0 aliphatic carbocycles. The minimum absolute atomic E-state index is 0.695. The predicted molar refractivity (Wildman–Crippen MR) is 36.8 cm³/mol. The van der Waals surface area contributed by atoms with E-state index in [0.29, 0.717) is 0 Å². The van der Waals surface area contributed by atoms with E-state index in [0.717, 1.165) is 14.0 Å². The van der Waals surface area contributed by atoms with Gasteiger partial charge in [0.15, 0.2) is 12.0 Å². The van der Waals surface area contributed by atoms with Crippen molar-refractivity contribution in [2.45, 2.75) is 20.0 Å². The summed E-state index contributed by atoms with van der Waals surface area (Å²) in [6.45, 7) is 2.42. The molecule has 0 spiro atoms. The maximum absolute atomic E-state index is 12.3. The summed E-state index contributed by atoms with van der Waals surface area (Å²) in [5.41, 5.74) is 0. The van der Waals surface area contributed by atoms with Crippen LogP contribution in [0, 0.1) is 5.92 Å². The van der Waals surface area contributed by atoms with E-state index in [1.165, 1.54) is 6.92 Å². The van der Waals surface area contributed by atoms with E-state index in [4.69, 9.17) is 0 Å². The lowest BCUT2D eigenvalue weighted by molar-refractivity contribution is -0.149. The Morgan fingerprint density at radius 3 is 2.09 bits per heavy atom. The third kappa shape index (κ3) is 2.65. The molecule has 0 radical (unpaired) electrons. The number of hydrogen-bond acceptors (Lipinski definition) is 3. The molecule has 4 heteroatoms. The van der Waals surface area contributed by atoms with Crippen molar-refractivity contribution in [1.29, 1.82) is 0 Å². The Balaban J connectivity index is 4.13. The fraction of sp³-hybridized carbons (Fsp3) is 0.714. The Bertz CT molecular complexity index is 165. The van der Waals surface area contributed by atoms with Crippen LogP contribution in [0.5, 0.6) is 0 Å². The average Bonchev–Trinajstić information content (AvgIpc) is 2.00. The molecule has 2 unspecified atom stereocenters. The van der Waals surface area contributed by atoms with Gasteiger partial charge >= 0.3 is 5.97 Å². The quantitative estimate of drug-likeness (QED) is 0.453. The first-order valence-electron chi connectivity index (χ1n) is 3.26. The second kappa shape index (κ2) is 4.05. The van der Waals surface area contributed by atoms with Crippen molar-refractivity contribution in [2.75, 3.05) is 7.11 Å². The van der Waals surface area contributed by atoms with E-state index in [1.54, 1.807) is 0 Å². The number of alkyl halides is 1. The molecule has 2 atom stereocenters. The van der Waals surface area contributed by atoms with Gasteiger partial charge in [0.1, 0.15) is 5.92 Å². The smallest absolute Gasteiger partial charge is 0.316 e. The van der Waals surface area contributed by atoms with Crippen molar-refractivity contribution in [1.82, 2.24) is 0 Å². The van der Waals surface area contributed by atoms with Gasteiger partial charge in [0.2, 0.25) is 0 Å². The second-order valence-corrected chi connectivity index (χ2v) is 2.26. The van der Waals surface area contributed by atoms with Crippen LogP contribution in [0.2, 0.25) is 0 Å². The summed E-state index contributed by atoms with van der Waals surface area (Å²) in [5, 5.41) is 0. The first-order valence-corrected chi connectivity index (χ1v) is 3.26. The molecule has 0 heterocycles. The highest BCUT2D eigenvalue weighted by molar-refractivity contribution is 6.00. The molecule has 64 valence electrons. The van der Waals surface area contributed by atoms with E-state index < -0.39 is 23.8 Å². The molecule has 0 bridgehead atoms. The van der Waals surface area contributed by atoms with Crippen LogP contribution in [0.4, 0.5) is 4.39 Å². The first-order chi connectivity index (χ1) is 5.00. The van der Waals surface area contributed by atoms with Crippen LogP contribution in [0.1, 0.15) is 13.8 Å². The zero-order valence-electron chi connectivity index (χ0n) is 6.76. The molecule has 0 saturated carbocycles. The van der Waals surface area contributed by atoms with Crippen molar-refractivity contribution < 1.29 is 18.7 Å². The van der Waals surface area contributed by atoms with Gasteiger partial charge in [-0.05, 0) is 13.8 Å². The standard InChI is InChI=1S/C7H11FO3/c1-4(7(10)11-3)6(9)5(2)8/h4-5H,1-3H3. The Hall–Kier alpha value is -0.930. The third-order valence-corrected chi connectivity index (χ3v) is 1.37. The SMILES string of the molecule is COC(=O)C(C)C(=O)C(C)F. The monoisotopic (exact) mass is 162 g/mol. The number of rotatable bonds is 3. The predicted octanol–water partition coefficient (Wildman–Crippen LogP) is 0.723. The highest BCUT2D eigenvalue weighted by atomic mass is 19.1. The minimum atomic E-state index is -1.61. The molecule has 0 saturated heterocycles. The molecule has 0 aromatic rings. The Morgan fingerprint density at radius 2 is 1.82 bits per heavy atom. The van der Waals surface area contributed by atoms with Crippen LogP contribution in [0.15, 0.2) is 0 Å².